The minimum absolute atomic E-state index is 0. The molecule has 16 heavy (non-hydrogen) atoms. The van der Waals surface area contributed by atoms with Crippen LogP contribution in [0.4, 0.5) is 0 Å². The molecular formula is C13H20ClNO. The highest BCUT2D eigenvalue weighted by atomic mass is 35.5. The lowest BCUT2D eigenvalue weighted by Gasteiger charge is -2.35. The van der Waals surface area contributed by atoms with Crippen molar-refractivity contribution in [2.24, 2.45) is 0 Å². The summed E-state index contributed by atoms with van der Waals surface area (Å²) in [6.07, 6.45) is 1.93. The van der Waals surface area contributed by atoms with Crippen LogP contribution in [0.2, 0.25) is 0 Å². The molecule has 2 rings (SSSR count). The Hall–Kier alpha value is -0.570. The molecule has 1 aromatic carbocycles. The lowest BCUT2D eigenvalue weighted by molar-refractivity contribution is 0.0504. The maximum absolute atomic E-state index is 9.63. The van der Waals surface area contributed by atoms with E-state index < -0.39 is 0 Å². The normalized spacial score (nSPS) is 23.5. The van der Waals surface area contributed by atoms with Gasteiger partial charge in [-0.2, -0.15) is 0 Å². The summed E-state index contributed by atoms with van der Waals surface area (Å²) >= 11 is 0. The number of aliphatic hydroxyl groups is 1. The number of halogens is 1. The monoisotopic (exact) mass is 241 g/mol. The molecule has 1 heterocycles. The molecule has 3 heteroatoms. The molecule has 0 bridgehead atoms. The van der Waals surface area contributed by atoms with Crippen molar-refractivity contribution in [3.05, 3.63) is 35.9 Å². The Labute approximate surface area is 104 Å². The number of nitrogens with zero attached hydrogens (tertiary/aromatic N) is 1. The molecule has 1 N–H and O–H groups in total. The largest absolute Gasteiger partial charge is 0.392 e. The highest BCUT2D eigenvalue weighted by Gasteiger charge is 2.22. The zero-order valence-electron chi connectivity index (χ0n) is 9.67. The van der Waals surface area contributed by atoms with Crippen molar-refractivity contribution in [2.75, 3.05) is 13.1 Å². The van der Waals surface area contributed by atoms with Crippen LogP contribution in [0.1, 0.15) is 31.4 Å². The van der Waals surface area contributed by atoms with Crippen molar-refractivity contribution in [2.45, 2.75) is 31.9 Å². The molecular weight excluding hydrogens is 222 g/mol. The van der Waals surface area contributed by atoms with Gasteiger partial charge >= 0.3 is 0 Å². The van der Waals surface area contributed by atoms with Crippen LogP contribution >= 0.6 is 12.4 Å². The predicted octanol–water partition coefficient (Wildman–Crippen LogP) is 2.63. The van der Waals surface area contributed by atoms with Crippen LogP contribution in [-0.2, 0) is 0 Å². The summed E-state index contributed by atoms with van der Waals surface area (Å²) in [5, 5.41) is 9.63. The summed E-state index contributed by atoms with van der Waals surface area (Å²) in [6, 6.07) is 10.9. The molecule has 1 aliphatic rings. The minimum atomic E-state index is -0.134. The fraction of sp³-hybridized carbons (Fsp3) is 0.538. The van der Waals surface area contributed by atoms with Crippen molar-refractivity contribution < 1.29 is 5.11 Å². The molecule has 0 saturated carbocycles. The van der Waals surface area contributed by atoms with E-state index in [-0.39, 0.29) is 18.5 Å². The van der Waals surface area contributed by atoms with Gasteiger partial charge in [-0.3, -0.25) is 4.90 Å². The van der Waals surface area contributed by atoms with Crippen LogP contribution < -0.4 is 0 Å². The van der Waals surface area contributed by atoms with E-state index in [9.17, 15) is 5.11 Å². The topological polar surface area (TPSA) is 23.5 Å². The van der Waals surface area contributed by atoms with E-state index in [1.165, 1.54) is 5.56 Å². The van der Waals surface area contributed by atoms with Gasteiger partial charge in [0.05, 0.1) is 6.10 Å². The summed E-state index contributed by atoms with van der Waals surface area (Å²) in [5.74, 6) is 0. The SMILES string of the molecule is C[C@H](c1ccccc1)N1CCCC(O)C1.Cl. The summed E-state index contributed by atoms with van der Waals surface area (Å²) in [7, 11) is 0. The van der Waals surface area contributed by atoms with Gasteiger partial charge in [0.2, 0.25) is 0 Å². The fourth-order valence-electron chi connectivity index (χ4n) is 2.28. The van der Waals surface area contributed by atoms with Crippen molar-refractivity contribution in [3.63, 3.8) is 0 Å². The zero-order chi connectivity index (χ0) is 10.7. The first-order valence-corrected chi connectivity index (χ1v) is 5.74. The smallest absolute Gasteiger partial charge is 0.0667 e. The van der Waals surface area contributed by atoms with E-state index in [4.69, 9.17) is 0 Å². The molecule has 1 unspecified atom stereocenters. The second-order valence-electron chi connectivity index (χ2n) is 4.38. The lowest BCUT2D eigenvalue weighted by Crippen LogP contribution is -2.39. The number of β-amino-alcohol motifs (C(OH)–C–C–N with tert-alkyl or cyclic N) is 1. The van der Waals surface area contributed by atoms with Gasteiger partial charge in [-0.25, -0.2) is 0 Å². The molecule has 0 aromatic heterocycles. The third kappa shape index (κ3) is 3.21. The average Bonchev–Trinajstić information content (AvgIpc) is 2.29. The van der Waals surface area contributed by atoms with Crippen molar-refractivity contribution in [1.29, 1.82) is 0 Å². The van der Waals surface area contributed by atoms with Crippen LogP contribution in [0.5, 0.6) is 0 Å². The maximum Gasteiger partial charge on any atom is 0.0667 e. The predicted molar refractivity (Wildman–Crippen MR) is 68.9 cm³/mol. The zero-order valence-corrected chi connectivity index (χ0v) is 10.5. The van der Waals surface area contributed by atoms with Gasteiger partial charge in [0.1, 0.15) is 0 Å². The van der Waals surface area contributed by atoms with Crippen molar-refractivity contribution in [1.82, 2.24) is 4.90 Å². The van der Waals surface area contributed by atoms with Gasteiger partial charge in [0, 0.05) is 12.6 Å². The first-order chi connectivity index (χ1) is 7.27. The van der Waals surface area contributed by atoms with E-state index in [2.05, 4.69) is 36.1 Å². The highest BCUT2D eigenvalue weighted by Crippen LogP contribution is 2.23. The van der Waals surface area contributed by atoms with E-state index in [0.717, 1.165) is 25.9 Å². The quantitative estimate of drug-likeness (QED) is 0.861. The van der Waals surface area contributed by atoms with Gasteiger partial charge in [-0.05, 0) is 31.9 Å². The summed E-state index contributed by atoms with van der Waals surface area (Å²) in [5.41, 5.74) is 1.34. The van der Waals surface area contributed by atoms with Crippen LogP contribution in [0.3, 0.4) is 0 Å². The molecule has 90 valence electrons. The second-order valence-corrected chi connectivity index (χ2v) is 4.38. The molecule has 2 nitrogen and oxygen atoms in total. The van der Waals surface area contributed by atoms with Crippen LogP contribution in [0.15, 0.2) is 30.3 Å². The number of aliphatic hydroxyl groups excluding tert-OH is 1. The Morgan fingerprint density at radius 2 is 2.00 bits per heavy atom. The van der Waals surface area contributed by atoms with Crippen LogP contribution in [0.25, 0.3) is 0 Å². The van der Waals surface area contributed by atoms with Crippen LogP contribution in [-0.4, -0.2) is 29.2 Å². The highest BCUT2D eigenvalue weighted by molar-refractivity contribution is 5.85. The Morgan fingerprint density at radius 3 is 2.62 bits per heavy atom. The second kappa shape index (κ2) is 6.24. The Bertz CT molecular complexity index is 304. The first kappa shape index (κ1) is 13.5. The average molecular weight is 242 g/mol. The van der Waals surface area contributed by atoms with Gasteiger partial charge in [-0.15, -0.1) is 12.4 Å². The lowest BCUT2D eigenvalue weighted by atomic mass is 10.0. The molecule has 1 fully saturated rings. The molecule has 0 amide bonds. The molecule has 2 atom stereocenters. The maximum atomic E-state index is 9.63. The van der Waals surface area contributed by atoms with Gasteiger partial charge in [0.25, 0.3) is 0 Å². The van der Waals surface area contributed by atoms with E-state index in [0.29, 0.717) is 6.04 Å². The molecule has 0 aliphatic carbocycles. The Morgan fingerprint density at radius 1 is 1.31 bits per heavy atom. The molecule has 1 saturated heterocycles. The van der Waals surface area contributed by atoms with Gasteiger partial charge < -0.3 is 5.11 Å². The number of benzene rings is 1. The fourth-order valence-corrected chi connectivity index (χ4v) is 2.28. The number of rotatable bonds is 2. The number of hydrogen-bond donors (Lipinski definition) is 1. The Kier molecular flexibility index (Phi) is 5.26. The van der Waals surface area contributed by atoms with E-state index >= 15 is 0 Å². The third-order valence-electron chi connectivity index (χ3n) is 3.26. The van der Waals surface area contributed by atoms with Crippen molar-refractivity contribution in [3.8, 4) is 0 Å². The number of piperidine rings is 1. The number of hydrogen-bond acceptors (Lipinski definition) is 2. The molecule has 1 aromatic rings. The van der Waals surface area contributed by atoms with Crippen LogP contribution in [0, 0.1) is 0 Å². The summed E-state index contributed by atoms with van der Waals surface area (Å²) in [4.78, 5) is 2.36. The van der Waals surface area contributed by atoms with Crippen molar-refractivity contribution >= 4 is 12.4 Å². The summed E-state index contributed by atoms with van der Waals surface area (Å²) < 4.78 is 0. The standard InChI is InChI=1S/C13H19NO.ClH/c1-11(12-6-3-2-4-7-12)14-9-5-8-13(15)10-14;/h2-4,6-7,11,13,15H,5,8-10H2,1H3;1H/t11-,13?;/m1./s1. The van der Waals surface area contributed by atoms with Gasteiger partial charge in [0.15, 0.2) is 0 Å². The van der Waals surface area contributed by atoms with E-state index in [1.54, 1.807) is 0 Å². The van der Waals surface area contributed by atoms with E-state index in [1.807, 2.05) is 6.07 Å². The Balaban J connectivity index is 0.00000128. The minimum Gasteiger partial charge on any atom is -0.392 e. The number of likely N-dealkylation sites (tertiary alicyclic amines) is 1. The third-order valence-corrected chi connectivity index (χ3v) is 3.26. The van der Waals surface area contributed by atoms with Gasteiger partial charge in [-0.1, -0.05) is 30.3 Å². The first-order valence-electron chi connectivity index (χ1n) is 5.74. The summed E-state index contributed by atoms with van der Waals surface area (Å²) in [6.45, 7) is 4.14. The molecule has 0 radical (unpaired) electrons. The molecule has 1 aliphatic heterocycles. The molecule has 0 spiro atoms.